The van der Waals surface area contributed by atoms with Gasteiger partial charge in [0.2, 0.25) is 0 Å². The van der Waals surface area contributed by atoms with Crippen molar-refractivity contribution in [3.63, 3.8) is 0 Å². The summed E-state index contributed by atoms with van der Waals surface area (Å²) in [5, 5.41) is 6.60. The highest BCUT2D eigenvalue weighted by Gasteiger charge is 2.16. The summed E-state index contributed by atoms with van der Waals surface area (Å²) < 4.78 is 22.6. The van der Waals surface area contributed by atoms with Crippen LogP contribution in [0.4, 0.5) is 0 Å². The number of halogens is 1. The van der Waals surface area contributed by atoms with E-state index >= 15 is 0 Å². The van der Waals surface area contributed by atoms with Gasteiger partial charge in [0.25, 0.3) is 0 Å². The number of nitrogens with one attached hydrogen (secondary N) is 2. The van der Waals surface area contributed by atoms with Gasteiger partial charge in [0.15, 0.2) is 5.96 Å². The third-order valence-electron chi connectivity index (χ3n) is 5.44. The summed E-state index contributed by atoms with van der Waals surface area (Å²) in [5.41, 5.74) is 1.39. The van der Waals surface area contributed by atoms with E-state index in [1.165, 1.54) is 11.8 Å². The summed E-state index contributed by atoms with van der Waals surface area (Å²) in [4.78, 5) is 9.32. The van der Waals surface area contributed by atoms with Crippen molar-refractivity contribution in [1.29, 1.82) is 0 Å². The molecule has 1 heterocycles. The number of aliphatic imine (C=N–C) groups is 1. The zero-order chi connectivity index (χ0) is 21.8. The molecule has 0 bridgehead atoms. The summed E-state index contributed by atoms with van der Waals surface area (Å²) >= 11 is 0. The molecule has 0 amide bonds. The third kappa shape index (κ3) is 12.6. The first-order chi connectivity index (χ1) is 14.4. The predicted molar refractivity (Wildman–Crippen MR) is 141 cm³/mol. The molecule has 0 radical (unpaired) electrons. The Labute approximate surface area is 206 Å². The Bertz CT molecular complexity index is 738. The van der Waals surface area contributed by atoms with E-state index in [1.54, 1.807) is 7.05 Å². The molecule has 0 saturated carbocycles. The fraction of sp³-hybridized carbons (Fsp3) is 0.682. The quantitative estimate of drug-likeness (QED) is 0.186. The van der Waals surface area contributed by atoms with Gasteiger partial charge in [0.1, 0.15) is 9.84 Å². The molecule has 178 valence electrons. The second-order valence-electron chi connectivity index (χ2n) is 8.27. The van der Waals surface area contributed by atoms with E-state index in [-0.39, 0.29) is 35.8 Å². The number of sulfone groups is 1. The highest BCUT2D eigenvalue weighted by Crippen LogP contribution is 2.09. The molecule has 1 aromatic rings. The number of benzene rings is 1. The van der Waals surface area contributed by atoms with Crippen LogP contribution >= 0.6 is 24.0 Å². The Kier molecular flexibility index (Phi) is 13.6. The van der Waals surface area contributed by atoms with Crippen LogP contribution in [0.25, 0.3) is 0 Å². The molecule has 0 aromatic heterocycles. The minimum atomic E-state index is -2.92. The molecule has 9 heteroatoms. The maximum Gasteiger partial charge on any atom is 0.191 e. The Morgan fingerprint density at radius 1 is 1.10 bits per heavy atom. The molecule has 2 N–H and O–H groups in total. The van der Waals surface area contributed by atoms with Crippen LogP contribution in [0.2, 0.25) is 0 Å². The molecule has 1 unspecified atom stereocenters. The molecule has 31 heavy (non-hydrogen) atoms. The van der Waals surface area contributed by atoms with E-state index < -0.39 is 9.84 Å². The van der Waals surface area contributed by atoms with Gasteiger partial charge in [-0.25, -0.2) is 8.42 Å². The lowest BCUT2D eigenvalue weighted by molar-refractivity contribution is 0.126. The van der Waals surface area contributed by atoms with Crippen molar-refractivity contribution in [3.8, 4) is 0 Å². The van der Waals surface area contributed by atoms with Gasteiger partial charge in [0, 0.05) is 58.6 Å². The summed E-state index contributed by atoms with van der Waals surface area (Å²) in [7, 11) is -1.18. The number of guanidine groups is 1. The number of nitrogens with zero attached hydrogens (tertiary/aromatic N) is 3. The molecular formula is C22H40IN5O2S. The molecular weight excluding hydrogens is 525 g/mol. The van der Waals surface area contributed by atoms with E-state index in [0.29, 0.717) is 6.42 Å². The normalized spacial score (nSPS) is 17.1. The van der Waals surface area contributed by atoms with Crippen LogP contribution in [0.1, 0.15) is 31.7 Å². The first kappa shape index (κ1) is 28.1. The molecule has 1 aromatic carbocycles. The minimum Gasteiger partial charge on any atom is -0.356 e. The molecule has 1 saturated heterocycles. The smallest absolute Gasteiger partial charge is 0.191 e. The summed E-state index contributed by atoms with van der Waals surface area (Å²) in [6, 6.07) is 10.8. The first-order valence-corrected chi connectivity index (χ1v) is 13.1. The summed E-state index contributed by atoms with van der Waals surface area (Å²) in [5.74, 6) is 0.932. The van der Waals surface area contributed by atoms with Gasteiger partial charge in [-0.3, -0.25) is 9.89 Å². The third-order valence-corrected chi connectivity index (χ3v) is 6.41. The van der Waals surface area contributed by atoms with Gasteiger partial charge in [-0.15, -0.1) is 24.0 Å². The maximum atomic E-state index is 11.3. The zero-order valence-electron chi connectivity index (χ0n) is 19.2. The molecule has 1 atom stereocenters. The van der Waals surface area contributed by atoms with Crippen LogP contribution in [0.5, 0.6) is 0 Å². The Morgan fingerprint density at radius 2 is 1.74 bits per heavy atom. The number of rotatable bonds is 11. The second kappa shape index (κ2) is 15.0. The number of piperazine rings is 1. The molecule has 7 nitrogen and oxygen atoms in total. The van der Waals surface area contributed by atoms with Gasteiger partial charge < -0.3 is 15.5 Å². The van der Waals surface area contributed by atoms with Gasteiger partial charge in [-0.1, -0.05) is 30.3 Å². The molecule has 2 rings (SSSR count). The Balaban J connectivity index is 0.00000480. The van der Waals surface area contributed by atoms with E-state index in [4.69, 9.17) is 0 Å². The Morgan fingerprint density at radius 3 is 2.35 bits per heavy atom. The molecule has 0 aliphatic carbocycles. The summed E-state index contributed by atoms with van der Waals surface area (Å²) in [6.07, 6.45) is 4.10. The fourth-order valence-corrected chi connectivity index (χ4v) is 4.35. The van der Waals surface area contributed by atoms with Gasteiger partial charge in [-0.05, 0) is 38.3 Å². The van der Waals surface area contributed by atoms with E-state index in [9.17, 15) is 8.42 Å². The number of unbranched alkanes of at least 4 members (excludes halogenated alkanes) is 1. The average molecular weight is 566 g/mol. The van der Waals surface area contributed by atoms with Gasteiger partial charge >= 0.3 is 0 Å². The summed E-state index contributed by atoms with van der Waals surface area (Å²) in [6.45, 7) is 9.58. The standard InChI is InChI=1S/C22H39N5O2S.HI/c1-20(11-18-30(3,28)29)25-22(23-2)24-12-7-8-13-26-14-16-27(17-15-26)19-21-9-5-4-6-10-21;/h4-6,9-10,20H,7-8,11-19H2,1-3H3,(H2,23,24,25);1H. The first-order valence-electron chi connectivity index (χ1n) is 11.0. The van der Waals surface area contributed by atoms with Crippen LogP contribution in [0.15, 0.2) is 35.3 Å². The van der Waals surface area contributed by atoms with Crippen molar-refractivity contribution in [2.24, 2.45) is 4.99 Å². The zero-order valence-corrected chi connectivity index (χ0v) is 22.4. The number of hydrogen-bond donors (Lipinski definition) is 2. The molecule has 1 aliphatic heterocycles. The minimum absolute atomic E-state index is 0. The molecule has 0 spiro atoms. The van der Waals surface area contributed by atoms with Crippen LogP contribution < -0.4 is 10.6 Å². The van der Waals surface area contributed by atoms with Crippen molar-refractivity contribution in [1.82, 2.24) is 20.4 Å². The van der Waals surface area contributed by atoms with Crippen molar-refractivity contribution in [2.75, 3.05) is 58.3 Å². The van der Waals surface area contributed by atoms with E-state index in [2.05, 4.69) is 55.8 Å². The largest absolute Gasteiger partial charge is 0.356 e. The second-order valence-corrected chi connectivity index (χ2v) is 10.5. The van der Waals surface area contributed by atoms with Gasteiger partial charge in [-0.2, -0.15) is 0 Å². The molecule has 1 aliphatic rings. The van der Waals surface area contributed by atoms with Crippen molar-refractivity contribution in [3.05, 3.63) is 35.9 Å². The monoisotopic (exact) mass is 565 g/mol. The van der Waals surface area contributed by atoms with Crippen LogP contribution in [0.3, 0.4) is 0 Å². The van der Waals surface area contributed by atoms with E-state index in [0.717, 1.165) is 64.6 Å². The van der Waals surface area contributed by atoms with E-state index in [1.807, 2.05) is 6.92 Å². The highest BCUT2D eigenvalue weighted by atomic mass is 127. The van der Waals surface area contributed by atoms with Crippen LogP contribution in [-0.2, 0) is 16.4 Å². The SMILES string of the molecule is CN=C(NCCCCN1CCN(Cc2ccccc2)CC1)NC(C)CCS(C)(=O)=O.I. The highest BCUT2D eigenvalue weighted by molar-refractivity contribution is 14.0. The lowest BCUT2D eigenvalue weighted by Gasteiger charge is -2.34. The Hall–Kier alpha value is -0.910. The van der Waals surface area contributed by atoms with Crippen molar-refractivity contribution in [2.45, 2.75) is 38.8 Å². The average Bonchev–Trinajstić information content (AvgIpc) is 2.72. The topological polar surface area (TPSA) is 77.0 Å². The fourth-order valence-electron chi connectivity index (χ4n) is 3.57. The van der Waals surface area contributed by atoms with Crippen molar-refractivity contribution >= 4 is 39.8 Å². The molecule has 1 fully saturated rings. The van der Waals surface area contributed by atoms with Crippen LogP contribution in [0, 0.1) is 0 Å². The number of hydrogen-bond acceptors (Lipinski definition) is 5. The lowest BCUT2D eigenvalue weighted by atomic mass is 10.2. The maximum absolute atomic E-state index is 11.3. The van der Waals surface area contributed by atoms with Gasteiger partial charge in [0.05, 0.1) is 5.75 Å². The lowest BCUT2D eigenvalue weighted by Crippen LogP contribution is -2.46. The van der Waals surface area contributed by atoms with Crippen molar-refractivity contribution < 1.29 is 8.42 Å². The van der Waals surface area contributed by atoms with Crippen LogP contribution in [-0.4, -0.2) is 88.5 Å². The predicted octanol–water partition coefficient (Wildman–Crippen LogP) is 2.19.